The summed E-state index contributed by atoms with van der Waals surface area (Å²) in [6.45, 7) is 0.865. The number of nitrogens with zero attached hydrogens (tertiary/aromatic N) is 2. The lowest BCUT2D eigenvalue weighted by atomic mass is 10.2. The van der Waals surface area contributed by atoms with Gasteiger partial charge in [0.05, 0.1) is 12.2 Å². The predicted octanol–water partition coefficient (Wildman–Crippen LogP) is 3.16. The van der Waals surface area contributed by atoms with E-state index in [-0.39, 0.29) is 11.8 Å². The number of aromatic nitrogens is 1. The van der Waals surface area contributed by atoms with Crippen LogP contribution in [0.4, 0.5) is 0 Å². The smallest absolute Gasteiger partial charge is 0.251 e. The fourth-order valence-electron chi connectivity index (χ4n) is 2.60. The number of pyridine rings is 1. The van der Waals surface area contributed by atoms with Crippen LogP contribution in [0.5, 0.6) is 0 Å². The van der Waals surface area contributed by atoms with Crippen LogP contribution in [-0.2, 0) is 11.3 Å². The molecule has 0 unspecified atom stereocenters. The summed E-state index contributed by atoms with van der Waals surface area (Å²) in [6.07, 6.45) is 4.13. The van der Waals surface area contributed by atoms with E-state index in [1.807, 2.05) is 35.2 Å². The average molecular weight is 402 g/mol. The zero-order chi connectivity index (χ0) is 17.6. The summed E-state index contributed by atoms with van der Waals surface area (Å²) in [5.74, 6) is -0.104. The number of rotatable bonds is 7. The summed E-state index contributed by atoms with van der Waals surface area (Å²) in [5, 5.41) is 2.81. The zero-order valence-corrected chi connectivity index (χ0v) is 15.4. The minimum absolute atomic E-state index is 0.0595. The Kier molecular flexibility index (Phi) is 5.81. The molecular weight excluding hydrogens is 382 g/mol. The van der Waals surface area contributed by atoms with Gasteiger partial charge in [0, 0.05) is 35.2 Å². The van der Waals surface area contributed by atoms with E-state index in [4.69, 9.17) is 0 Å². The first-order valence-corrected chi connectivity index (χ1v) is 9.16. The highest BCUT2D eigenvalue weighted by Crippen LogP contribution is 2.28. The molecule has 0 aliphatic heterocycles. The van der Waals surface area contributed by atoms with Gasteiger partial charge in [-0.15, -0.1) is 0 Å². The molecule has 5 nitrogen and oxygen atoms in total. The number of carbonyl (C=O) groups is 2. The standard InChI is InChI=1S/C19H20BrN3O2/c20-15-6-4-14(5-7-15)19(25)22-12-10-18(24)23(17-8-9-17)13-16-3-1-2-11-21-16/h1-7,11,17H,8-10,12-13H2,(H,22,25). The normalized spacial score (nSPS) is 13.3. The Labute approximate surface area is 155 Å². The molecular formula is C19H20BrN3O2. The van der Waals surface area contributed by atoms with Crippen LogP contribution >= 0.6 is 15.9 Å². The topological polar surface area (TPSA) is 62.3 Å². The van der Waals surface area contributed by atoms with Crippen LogP contribution in [0.2, 0.25) is 0 Å². The minimum atomic E-state index is -0.164. The maximum Gasteiger partial charge on any atom is 0.251 e. The molecule has 0 bridgehead atoms. The van der Waals surface area contributed by atoms with E-state index in [0.717, 1.165) is 23.0 Å². The van der Waals surface area contributed by atoms with Crippen molar-refractivity contribution in [2.45, 2.75) is 31.8 Å². The fraction of sp³-hybridized carbons (Fsp3) is 0.316. The molecule has 25 heavy (non-hydrogen) atoms. The number of benzene rings is 1. The molecule has 1 heterocycles. The quantitative estimate of drug-likeness (QED) is 0.774. The first kappa shape index (κ1) is 17.6. The third-order valence-electron chi connectivity index (χ3n) is 4.10. The van der Waals surface area contributed by atoms with Crippen LogP contribution < -0.4 is 5.32 Å². The third kappa shape index (κ3) is 5.13. The predicted molar refractivity (Wildman–Crippen MR) is 98.9 cm³/mol. The van der Waals surface area contributed by atoms with Gasteiger partial charge in [-0.25, -0.2) is 0 Å². The van der Waals surface area contributed by atoms with Crippen molar-refractivity contribution in [2.75, 3.05) is 6.54 Å². The summed E-state index contributed by atoms with van der Waals surface area (Å²) in [5.41, 5.74) is 1.48. The molecule has 6 heteroatoms. The van der Waals surface area contributed by atoms with Crippen molar-refractivity contribution in [2.24, 2.45) is 0 Å². The number of halogens is 1. The molecule has 0 spiro atoms. The van der Waals surface area contributed by atoms with Gasteiger partial charge in [-0.1, -0.05) is 22.0 Å². The molecule has 3 rings (SSSR count). The highest BCUT2D eigenvalue weighted by Gasteiger charge is 2.32. The van der Waals surface area contributed by atoms with Crippen LogP contribution in [0, 0.1) is 0 Å². The van der Waals surface area contributed by atoms with Gasteiger partial charge in [0.25, 0.3) is 5.91 Å². The Morgan fingerprint density at radius 2 is 1.92 bits per heavy atom. The van der Waals surface area contributed by atoms with Gasteiger partial charge >= 0.3 is 0 Å². The second-order valence-corrected chi connectivity index (χ2v) is 7.00. The summed E-state index contributed by atoms with van der Waals surface area (Å²) in [7, 11) is 0. The number of hydrogen-bond donors (Lipinski definition) is 1. The molecule has 1 saturated carbocycles. The van der Waals surface area contributed by atoms with Crippen molar-refractivity contribution < 1.29 is 9.59 Å². The number of carbonyl (C=O) groups excluding carboxylic acids is 2. The lowest BCUT2D eigenvalue weighted by Gasteiger charge is -2.22. The van der Waals surface area contributed by atoms with Gasteiger partial charge in [-0.05, 0) is 49.2 Å². The van der Waals surface area contributed by atoms with Crippen LogP contribution in [0.3, 0.4) is 0 Å². The van der Waals surface area contributed by atoms with E-state index >= 15 is 0 Å². The third-order valence-corrected chi connectivity index (χ3v) is 4.63. The number of nitrogens with one attached hydrogen (secondary N) is 1. The molecule has 130 valence electrons. The van der Waals surface area contributed by atoms with Crippen molar-refractivity contribution in [3.8, 4) is 0 Å². The lowest BCUT2D eigenvalue weighted by Crippen LogP contribution is -2.35. The van der Waals surface area contributed by atoms with Crippen LogP contribution in [0.15, 0.2) is 53.1 Å². The van der Waals surface area contributed by atoms with Crippen molar-refractivity contribution >= 4 is 27.7 Å². The Morgan fingerprint density at radius 3 is 2.56 bits per heavy atom. The second kappa shape index (κ2) is 8.25. The summed E-state index contributed by atoms with van der Waals surface area (Å²) >= 11 is 3.34. The van der Waals surface area contributed by atoms with Crippen LogP contribution in [-0.4, -0.2) is 34.3 Å². The molecule has 0 atom stereocenters. The Balaban J connectivity index is 1.50. The van der Waals surface area contributed by atoms with Crippen molar-refractivity contribution in [1.29, 1.82) is 0 Å². The van der Waals surface area contributed by atoms with Crippen LogP contribution in [0.1, 0.15) is 35.3 Å². The van der Waals surface area contributed by atoms with Gasteiger partial charge in [-0.3, -0.25) is 14.6 Å². The molecule has 1 aliphatic carbocycles. The van der Waals surface area contributed by atoms with Gasteiger partial charge in [0.1, 0.15) is 0 Å². The second-order valence-electron chi connectivity index (χ2n) is 6.09. The highest BCUT2D eigenvalue weighted by molar-refractivity contribution is 9.10. The molecule has 0 saturated heterocycles. The van der Waals surface area contributed by atoms with Gasteiger partial charge in [-0.2, -0.15) is 0 Å². The summed E-state index contributed by atoms with van der Waals surface area (Å²) in [6, 6.07) is 13.2. The first-order chi connectivity index (χ1) is 12.1. The van der Waals surface area contributed by atoms with E-state index in [1.54, 1.807) is 18.3 Å². The van der Waals surface area contributed by atoms with Crippen LogP contribution in [0.25, 0.3) is 0 Å². The Hall–Kier alpha value is -2.21. The van der Waals surface area contributed by atoms with E-state index in [9.17, 15) is 9.59 Å². The van der Waals surface area contributed by atoms with Gasteiger partial charge < -0.3 is 10.2 Å². The maximum atomic E-state index is 12.5. The van der Waals surface area contributed by atoms with Gasteiger partial charge in [0.15, 0.2) is 0 Å². The molecule has 1 aliphatic rings. The maximum absolute atomic E-state index is 12.5. The molecule has 1 fully saturated rings. The molecule has 2 aromatic rings. The number of hydrogen-bond acceptors (Lipinski definition) is 3. The molecule has 1 N–H and O–H groups in total. The fourth-order valence-corrected chi connectivity index (χ4v) is 2.87. The van der Waals surface area contributed by atoms with E-state index < -0.39 is 0 Å². The monoisotopic (exact) mass is 401 g/mol. The number of amides is 2. The Morgan fingerprint density at radius 1 is 1.16 bits per heavy atom. The lowest BCUT2D eigenvalue weighted by molar-refractivity contribution is -0.132. The summed E-state index contributed by atoms with van der Waals surface area (Å²) < 4.78 is 0.925. The summed E-state index contributed by atoms with van der Waals surface area (Å²) in [4.78, 5) is 30.8. The molecule has 1 aromatic heterocycles. The molecule has 1 aromatic carbocycles. The van der Waals surface area contributed by atoms with Crippen molar-refractivity contribution in [1.82, 2.24) is 15.2 Å². The first-order valence-electron chi connectivity index (χ1n) is 8.36. The minimum Gasteiger partial charge on any atom is -0.352 e. The average Bonchev–Trinajstić information content (AvgIpc) is 3.46. The highest BCUT2D eigenvalue weighted by atomic mass is 79.9. The largest absolute Gasteiger partial charge is 0.352 e. The molecule has 2 amide bonds. The van der Waals surface area contributed by atoms with Crippen molar-refractivity contribution in [3.63, 3.8) is 0 Å². The van der Waals surface area contributed by atoms with E-state index in [2.05, 4.69) is 26.2 Å². The molecule has 0 radical (unpaired) electrons. The van der Waals surface area contributed by atoms with E-state index in [1.165, 1.54) is 0 Å². The SMILES string of the molecule is O=C(NCCC(=O)N(Cc1ccccn1)C1CC1)c1ccc(Br)cc1. The van der Waals surface area contributed by atoms with Gasteiger partial charge in [0.2, 0.25) is 5.91 Å². The Bertz CT molecular complexity index is 730. The van der Waals surface area contributed by atoms with Crippen molar-refractivity contribution in [3.05, 3.63) is 64.4 Å². The zero-order valence-electron chi connectivity index (χ0n) is 13.8. The van der Waals surface area contributed by atoms with E-state index in [0.29, 0.717) is 31.1 Å².